The van der Waals surface area contributed by atoms with Crippen LogP contribution in [-0.2, 0) is 0 Å². The lowest BCUT2D eigenvalue weighted by molar-refractivity contribution is 0.357. The van der Waals surface area contributed by atoms with Crippen LogP contribution in [0.2, 0.25) is 0 Å². The fraction of sp³-hybridized carbons (Fsp3) is 0.533. The van der Waals surface area contributed by atoms with E-state index in [1.165, 1.54) is 12.0 Å². The van der Waals surface area contributed by atoms with Gasteiger partial charge in [0, 0.05) is 13.1 Å². The number of benzene rings is 1. The van der Waals surface area contributed by atoms with Crippen molar-refractivity contribution in [3.63, 3.8) is 0 Å². The topological polar surface area (TPSA) is 27.0 Å². The largest absolute Gasteiger partial charge is 0.370 e. The van der Waals surface area contributed by atoms with Gasteiger partial charge in [-0.3, -0.25) is 0 Å². The summed E-state index contributed by atoms with van der Waals surface area (Å²) < 4.78 is 0. The van der Waals surface area contributed by atoms with E-state index in [1.54, 1.807) is 0 Å². The first-order chi connectivity index (χ1) is 8.10. The van der Waals surface area contributed by atoms with Crippen LogP contribution in [0.1, 0.15) is 31.4 Å². The number of aryl methyl sites for hydroxylation is 1. The summed E-state index contributed by atoms with van der Waals surface area (Å²) in [4.78, 5) is 2.38. The maximum Gasteiger partial charge on any atom is 0.101 e. The maximum absolute atomic E-state index is 9.20. The first kappa shape index (κ1) is 12.0. The Labute approximate surface area is 104 Å². The molecule has 0 bridgehead atoms. The first-order valence-electron chi connectivity index (χ1n) is 6.36. The number of nitriles is 1. The highest BCUT2D eigenvalue weighted by Crippen LogP contribution is 2.29. The second kappa shape index (κ2) is 4.79. The van der Waals surface area contributed by atoms with Crippen molar-refractivity contribution in [1.82, 2.24) is 0 Å². The van der Waals surface area contributed by atoms with Crippen LogP contribution >= 0.6 is 0 Å². The predicted octanol–water partition coefficient (Wildman–Crippen LogP) is 3.35. The quantitative estimate of drug-likeness (QED) is 0.737. The molecule has 2 atom stereocenters. The van der Waals surface area contributed by atoms with Crippen LogP contribution < -0.4 is 4.90 Å². The molecule has 0 aromatic heterocycles. The van der Waals surface area contributed by atoms with Crippen molar-refractivity contribution in [2.24, 2.45) is 11.8 Å². The smallest absolute Gasteiger partial charge is 0.101 e. The highest BCUT2D eigenvalue weighted by Gasteiger charge is 2.23. The molecule has 1 aliphatic rings. The van der Waals surface area contributed by atoms with Gasteiger partial charge in [0.25, 0.3) is 0 Å². The lowest BCUT2D eigenvalue weighted by Crippen LogP contribution is -2.39. The molecule has 0 aliphatic carbocycles. The van der Waals surface area contributed by atoms with Gasteiger partial charge in [-0.1, -0.05) is 19.9 Å². The summed E-state index contributed by atoms with van der Waals surface area (Å²) in [6.07, 6.45) is 1.30. The molecule has 2 heteroatoms. The van der Waals surface area contributed by atoms with Gasteiger partial charge in [-0.25, -0.2) is 0 Å². The molecule has 1 aromatic rings. The summed E-state index contributed by atoms with van der Waals surface area (Å²) in [6, 6.07) is 8.40. The lowest BCUT2D eigenvalue weighted by Gasteiger charge is -2.37. The predicted molar refractivity (Wildman–Crippen MR) is 71.1 cm³/mol. The zero-order valence-corrected chi connectivity index (χ0v) is 10.9. The molecule has 17 heavy (non-hydrogen) atoms. The summed E-state index contributed by atoms with van der Waals surface area (Å²) in [7, 11) is 0. The molecule has 2 nitrogen and oxygen atoms in total. The molecule has 0 radical (unpaired) electrons. The van der Waals surface area contributed by atoms with Crippen molar-refractivity contribution < 1.29 is 0 Å². The van der Waals surface area contributed by atoms with Gasteiger partial charge in [0.05, 0.1) is 11.3 Å². The molecule has 1 aromatic carbocycles. The molecule has 2 rings (SSSR count). The van der Waals surface area contributed by atoms with Gasteiger partial charge in [0.15, 0.2) is 0 Å². The Hall–Kier alpha value is -1.49. The van der Waals surface area contributed by atoms with E-state index in [0.29, 0.717) is 11.8 Å². The summed E-state index contributed by atoms with van der Waals surface area (Å²) in [5, 5.41) is 9.20. The molecule has 1 aliphatic heterocycles. The Morgan fingerprint density at radius 1 is 1.24 bits per heavy atom. The average Bonchev–Trinajstić information content (AvgIpc) is 2.27. The summed E-state index contributed by atoms with van der Waals surface area (Å²) in [6.45, 7) is 8.82. The Bertz CT molecular complexity index is 435. The molecule has 0 N–H and O–H groups in total. The van der Waals surface area contributed by atoms with Gasteiger partial charge in [-0.15, -0.1) is 0 Å². The Morgan fingerprint density at radius 3 is 2.47 bits per heavy atom. The molecule has 1 heterocycles. The van der Waals surface area contributed by atoms with Gasteiger partial charge < -0.3 is 4.90 Å². The molecule has 1 fully saturated rings. The lowest BCUT2D eigenvalue weighted by atomic mass is 9.91. The standard InChI is InChI=1S/C15H20N2/c1-11-4-5-14(8-16)15(7-11)17-9-12(2)6-13(3)10-17/h4-5,7,12-13H,6,9-10H2,1-3H3. The number of nitrogens with zero attached hydrogens (tertiary/aromatic N) is 2. The van der Waals surface area contributed by atoms with Crippen LogP contribution in [0.3, 0.4) is 0 Å². The fourth-order valence-corrected chi connectivity index (χ4v) is 2.86. The third-order valence-corrected chi connectivity index (χ3v) is 3.48. The van der Waals surface area contributed by atoms with Crippen molar-refractivity contribution in [2.75, 3.05) is 18.0 Å². The number of rotatable bonds is 1. The van der Waals surface area contributed by atoms with Gasteiger partial charge >= 0.3 is 0 Å². The minimum atomic E-state index is 0.714. The third kappa shape index (κ3) is 2.61. The Morgan fingerprint density at radius 2 is 1.88 bits per heavy atom. The SMILES string of the molecule is Cc1ccc(C#N)c(N2CC(C)CC(C)C2)c1. The summed E-state index contributed by atoms with van der Waals surface area (Å²) >= 11 is 0. The van der Waals surface area contributed by atoms with Crippen LogP contribution in [-0.4, -0.2) is 13.1 Å². The van der Waals surface area contributed by atoms with Crippen LogP contribution in [0.25, 0.3) is 0 Å². The van der Waals surface area contributed by atoms with Gasteiger partial charge in [0.1, 0.15) is 6.07 Å². The summed E-state index contributed by atoms with van der Waals surface area (Å²) in [5.41, 5.74) is 3.15. The van der Waals surface area contributed by atoms with Gasteiger partial charge in [0.2, 0.25) is 0 Å². The second-order valence-electron chi connectivity index (χ2n) is 5.48. The highest BCUT2D eigenvalue weighted by atomic mass is 15.1. The van der Waals surface area contributed by atoms with E-state index >= 15 is 0 Å². The molecule has 1 saturated heterocycles. The molecule has 0 amide bonds. The highest BCUT2D eigenvalue weighted by molar-refractivity contribution is 5.61. The van der Waals surface area contributed by atoms with Crippen molar-refractivity contribution in [3.05, 3.63) is 29.3 Å². The molecule has 0 spiro atoms. The minimum Gasteiger partial charge on any atom is -0.370 e. The van der Waals surface area contributed by atoms with Crippen LogP contribution in [0, 0.1) is 30.1 Å². The maximum atomic E-state index is 9.20. The first-order valence-corrected chi connectivity index (χ1v) is 6.36. The van der Waals surface area contributed by atoms with Gasteiger partial charge in [-0.2, -0.15) is 5.26 Å². The van der Waals surface area contributed by atoms with Gasteiger partial charge in [-0.05, 0) is 42.9 Å². The van der Waals surface area contributed by atoms with E-state index in [0.717, 1.165) is 24.3 Å². The number of piperidine rings is 1. The van der Waals surface area contributed by atoms with Crippen molar-refractivity contribution in [3.8, 4) is 6.07 Å². The molecular formula is C15H20N2. The number of hydrogen-bond donors (Lipinski definition) is 0. The third-order valence-electron chi connectivity index (χ3n) is 3.48. The van der Waals surface area contributed by atoms with E-state index in [-0.39, 0.29) is 0 Å². The molecular weight excluding hydrogens is 208 g/mol. The molecule has 2 unspecified atom stereocenters. The summed E-state index contributed by atoms with van der Waals surface area (Å²) in [5.74, 6) is 1.43. The van der Waals surface area contributed by atoms with Crippen molar-refractivity contribution in [2.45, 2.75) is 27.2 Å². The van der Waals surface area contributed by atoms with Crippen LogP contribution in [0.4, 0.5) is 5.69 Å². The van der Waals surface area contributed by atoms with Crippen LogP contribution in [0.5, 0.6) is 0 Å². The zero-order chi connectivity index (χ0) is 12.4. The van der Waals surface area contributed by atoms with Crippen molar-refractivity contribution >= 4 is 5.69 Å². The fourth-order valence-electron chi connectivity index (χ4n) is 2.86. The number of anilines is 1. The van der Waals surface area contributed by atoms with Crippen LogP contribution in [0.15, 0.2) is 18.2 Å². The number of hydrogen-bond acceptors (Lipinski definition) is 2. The van der Waals surface area contributed by atoms with E-state index < -0.39 is 0 Å². The Kier molecular flexibility index (Phi) is 3.38. The average molecular weight is 228 g/mol. The van der Waals surface area contributed by atoms with E-state index in [4.69, 9.17) is 0 Å². The Balaban J connectivity index is 2.33. The zero-order valence-electron chi connectivity index (χ0n) is 10.9. The normalized spacial score (nSPS) is 24.5. The van der Waals surface area contributed by atoms with E-state index in [9.17, 15) is 5.26 Å². The minimum absolute atomic E-state index is 0.714. The van der Waals surface area contributed by atoms with E-state index in [2.05, 4.69) is 37.8 Å². The second-order valence-corrected chi connectivity index (χ2v) is 5.48. The van der Waals surface area contributed by atoms with E-state index in [1.807, 2.05) is 12.1 Å². The molecule has 0 saturated carbocycles. The monoisotopic (exact) mass is 228 g/mol. The van der Waals surface area contributed by atoms with Crippen molar-refractivity contribution in [1.29, 1.82) is 5.26 Å². The molecule has 90 valence electrons.